The van der Waals surface area contributed by atoms with Gasteiger partial charge < -0.3 is 10.4 Å². The first-order chi connectivity index (χ1) is 7.65. The van der Waals surface area contributed by atoms with E-state index in [1.165, 1.54) is 0 Å². The molecule has 0 radical (unpaired) electrons. The fraction of sp³-hybridized carbons (Fsp3) is 0.333. The van der Waals surface area contributed by atoms with E-state index in [-0.39, 0.29) is 12.3 Å². The summed E-state index contributed by atoms with van der Waals surface area (Å²) in [6, 6.07) is 8.96. The predicted octanol–water partition coefficient (Wildman–Crippen LogP) is 1.38. The number of carbonyl (C=O) groups is 2. The van der Waals surface area contributed by atoms with Gasteiger partial charge in [-0.05, 0) is 12.0 Å². The Morgan fingerprint density at radius 3 is 2.44 bits per heavy atom. The fourth-order valence-electron chi connectivity index (χ4n) is 1.52. The summed E-state index contributed by atoms with van der Waals surface area (Å²) in [5.74, 6) is -1.64. The first-order valence-electron chi connectivity index (χ1n) is 5.13. The molecule has 1 unspecified atom stereocenters. The Balaban J connectivity index is 2.69. The lowest BCUT2D eigenvalue weighted by Gasteiger charge is -2.11. The van der Waals surface area contributed by atoms with Gasteiger partial charge >= 0.3 is 5.97 Å². The Kier molecular flexibility index (Phi) is 4.51. The number of carbonyl (C=O) groups excluding carboxylic acids is 1. The molecule has 0 bridgehead atoms. The molecule has 0 aliphatic rings. The molecule has 2 N–H and O–H groups in total. The maximum Gasteiger partial charge on any atom is 0.310 e. The van der Waals surface area contributed by atoms with Crippen molar-refractivity contribution in [1.82, 2.24) is 5.32 Å². The summed E-state index contributed by atoms with van der Waals surface area (Å²) in [6.45, 7) is 0. The largest absolute Gasteiger partial charge is 0.481 e. The molecule has 0 fully saturated rings. The number of aliphatic carboxylic acids is 1. The first kappa shape index (κ1) is 12.2. The zero-order valence-electron chi connectivity index (χ0n) is 9.14. The van der Waals surface area contributed by atoms with Gasteiger partial charge in [-0.1, -0.05) is 30.3 Å². The average Bonchev–Trinajstić information content (AvgIpc) is 2.30. The van der Waals surface area contributed by atoms with E-state index in [2.05, 4.69) is 5.32 Å². The van der Waals surface area contributed by atoms with Gasteiger partial charge in [-0.25, -0.2) is 0 Å². The van der Waals surface area contributed by atoms with Crippen LogP contribution in [-0.2, 0) is 9.59 Å². The van der Waals surface area contributed by atoms with Crippen molar-refractivity contribution in [2.45, 2.75) is 18.8 Å². The van der Waals surface area contributed by atoms with Gasteiger partial charge in [-0.3, -0.25) is 9.59 Å². The zero-order chi connectivity index (χ0) is 12.0. The van der Waals surface area contributed by atoms with Crippen LogP contribution in [0.3, 0.4) is 0 Å². The lowest BCUT2D eigenvalue weighted by atomic mass is 9.94. The number of hydrogen-bond acceptors (Lipinski definition) is 2. The highest BCUT2D eigenvalue weighted by molar-refractivity contribution is 5.79. The van der Waals surface area contributed by atoms with Gasteiger partial charge in [0.15, 0.2) is 0 Å². The molecule has 0 saturated heterocycles. The van der Waals surface area contributed by atoms with E-state index in [0.717, 1.165) is 5.56 Å². The number of carboxylic acids is 1. The molecule has 0 aromatic heterocycles. The van der Waals surface area contributed by atoms with E-state index >= 15 is 0 Å². The van der Waals surface area contributed by atoms with Crippen molar-refractivity contribution in [3.05, 3.63) is 35.9 Å². The minimum Gasteiger partial charge on any atom is -0.481 e. The number of benzene rings is 1. The van der Waals surface area contributed by atoms with Crippen molar-refractivity contribution in [2.24, 2.45) is 0 Å². The van der Waals surface area contributed by atoms with Crippen LogP contribution in [0, 0.1) is 0 Å². The second kappa shape index (κ2) is 5.90. The van der Waals surface area contributed by atoms with Crippen molar-refractivity contribution in [3.8, 4) is 0 Å². The summed E-state index contributed by atoms with van der Waals surface area (Å²) in [5.41, 5.74) is 0.735. The number of hydrogen-bond donors (Lipinski definition) is 2. The predicted molar refractivity (Wildman–Crippen MR) is 60.1 cm³/mol. The third-order valence-corrected chi connectivity index (χ3v) is 2.44. The van der Waals surface area contributed by atoms with Crippen molar-refractivity contribution in [3.63, 3.8) is 0 Å². The van der Waals surface area contributed by atoms with Crippen LogP contribution in [0.2, 0.25) is 0 Å². The molecular formula is C12H15NO3. The quantitative estimate of drug-likeness (QED) is 0.789. The zero-order valence-corrected chi connectivity index (χ0v) is 9.14. The molecule has 1 amide bonds. The lowest BCUT2D eigenvalue weighted by molar-refractivity contribution is -0.139. The Morgan fingerprint density at radius 1 is 1.31 bits per heavy atom. The maximum absolute atomic E-state index is 11.1. The average molecular weight is 221 g/mol. The van der Waals surface area contributed by atoms with Gasteiger partial charge in [-0.2, -0.15) is 0 Å². The summed E-state index contributed by atoms with van der Waals surface area (Å²) in [4.78, 5) is 22.1. The van der Waals surface area contributed by atoms with Gasteiger partial charge in [0.25, 0.3) is 0 Å². The smallest absolute Gasteiger partial charge is 0.310 e. The van der Waals surface area contributed by atoms with Crippen molar-refractivity contribution in [1.29, 1.82) is 0 Å². The van der Waals surface area contributed by atoms with E-state index in [1.807, 2.05) is 6.07 Å². The van der Waals surface area contributed by atoms with Gasteiger partial charge in [0.05, 0.1) is 5.92 Å². The third-order valence-electron chi connectivity index (χ3n) is 2.44. The first-order valence-corrected chi connectivity index (χ1v) is 5.13. The normalized spacial score (nSPS) is 11.8. The van der Waals surface area contributed by atoms with Gasteiger partial charge in [0.2, 0.25) is 5.91 Å². The number of amides is 1. The van der Waals surface area contributed by atoms with Crippen LogP contribution in [0.1, 0.15) is 24.3 Å². The molecule has 4 nitrogen and oxygen atoms in total. The van der Waals surface area contributed by atoms with Crippen molar-refractivity contribution in [2.75, 3.05) is 7.05 Å². The topological polar surface area (TPSA) is 66.4 Å². The molecule has 0 aliphatic heterocycles. The van der Waals surface area contributed by atoms with Gasteiger partial charge in [0.1, 0.15) is 0 Å². The highest BCUT2D eigenvalue weighted by Gasteiger charge is 2.20. The van der Waals surface area contributed by atoms with Crippen LogP contribution >= 0.6 is 0 Å². The number of nitrogens with one attached hydrogen (secondary N) is 1. The second-order valence-corrected chi connectivity index (χ2v) is 3.51. The molecule has 0 saturated carbocycles. The molecule has 0 heterocycles. The Labute approximate surface area is 94.3 Å². The summed E-state index contributed by atoms with van der Waals surface area (Å²) >= 11 is 0. The molecule has 1 rings (SSSR count). The number of rotatable bonds is 5. The molecule has 16 heavy (non-hydrogen) atoms. The monoisotopic (exact) mass is 221 g/mol. The lowest BCUT2D eigenvalue weighted by Crippen LogP contribution is -2.20. The minimum absolute atomic E-state index is 0.137. The summed E-state index contributed by atoms with van der Waals surface area (Å²) in [7, 11) is 1.54. The van der Waals surface area contributed by atoms with E-state index in [0.29, 0.717) is 6.42 Å². The number of carboxylic acid groups (broad SMARTS) is 1. The highest BCUT2D eigenvalue weighted by atomic mass is 16.4. The van der Waals surface area contributed by atoms with E-state index in [4.69, 9.17) is 5.11 Å². The van der Waals surface area contributed by atoms with Crippen LogP contribution in [0.4, 0.5) is 0 Å². The molecule has 86 valence electrons. The summed E-state index contributed by atoms with van der Waals surface area (Å²) in [5, 5.41) is 11.6. The molecule has 4 heteroatoms. The summed E-state index contributed by atoms with van der Waals surface area (Å²) < 4.78 is 0. The fourth-order valence-corrected chi connectivity index (χ4v) is 1.52. The maximum atomic E-state index is 11.1. The standard InChI is InChI=1S/C12H15NO3/c1-13-11(14)8-7-10(12(15)16)9-5-3-2-4-6-9/h2-6,10H,7-8H2,1H3,(H,13,14)(H,15,16). The Bertz CT molecular complexity index is 362. The summed E-state index contributed by atoms with van der Waals surface area (Å²) in [6.07, 6.45) is 0.543. The third kappa shape index (κ3) is 3.38. The SMILES string of the molecule is CNC(=O)CCC(C(=O)O)c1ccccc1. The molecular weight excluding hydrogens is 206 g/mol. The van der Waals surface area contributed by atoms with Crippen molar-refractivity contribution < 1.29 is 14.7 Å². The minimum atomic E-state index is -0.893. The van der Waals surface area contributed by atoms with Gasteiger partial charge in [0, 0.05) is 13.5 Å². The van der Waals surface area contributed by atoms with Crippen LogP contribution in [0.25, 0.3) is 0 Å². The van der Waals surface area contributed by atoms with E-state index in [1.54, 1.807) is 31.3 Å². The highest BCUT2D eigenvalue weighted by Crippen LogP contribution is 2.21. The molecule has 0 spiro atoms. The van der Waals surface area contributed by atoms with Crippen LogP contribution < -0.4 is 5.32 Å². The van der Waals surface area contributed by atoms with E-state index < -0.39 is 11.9 Å². The second-order valence-electron chi connectivity index (χ2n) is 3.51. The van der Waals surface area contributed by atoms with Crippen LogP contribution in [-0.4, -0.2) is 24.0 Å². The van der Waals surface area contributed by atoms with Crippen LogP contribution in [0.15, 0.2) is 30.3 Å². The van der Waals surface area contributed by atoms with Gasteiger partial charge in [-0.15, -0.1) is 0 Å². The molecule has 0 aliphatic carbocycles. The van der Waals surface area contributed by atoms with Crippen LogP contribution in [0.5, 0.6) is 0 Å². The Morgan fingerprint density at radius 2 is 1.94 bits per heavy atom. The van der Waals surface area contributed by atoms with Crippen molar-refractivity contribution >= 4 is 11.9 Å². The molecule has 1 atom stereocenters. The molecule has 1 aromatic rings. The Hall–Kier alpha value is -1.84. The van der Waals surface area contributed by atoms with E-state index in [9.17, 15) is 9.59 Å². The molecule has 1 aromatic carbocycles.